The maximum absolute atomic E-state index is 12.3. The number of amides is 2. The summed E-state index contributed by atoms with van der Waals surface area (Å²) in [5.41, 5.74) is 0. The first-order valence-corrected chi connectivity index (χ1v) is 6.13. The fourth-order valence-corrected chi connectivity index (χ4v) is 2.02. The first-order valence-electron chi connectivity index (χ1n) is 6.13. The van der Waals surface area contributed by atoms with Gasteiger partial charge < -0.3 is 4.74 Å². The summed E-state index contributed by atoms with van der Waals surface area (Å²) in [4.78, 5) is 25.2. The lowest BCUT2D eigenvalue weighted by Gasteiger charge is -2.25. The summed E-state index contributed by atoms with van der Waals surface area (Å²) in [6.45, 7) is 9.87. The Kier molecular flexibility index (Phi) is 4.73. The summed E-state index contributed by atoms with van der Waals surface area (Å²) in [7, 11) is 0. The standard InChI is InChI=1S/C13H21NO3/c1-5-7-10(6-2)12(15)14-11(9(3)4)8-17-13(14)16/h5,9-11H,1,6-8H2,2-4H3/t10-,11+/m0/s1. The van der Waals surface area contributed by atoms with E-state index in [2.05, 4.69) is 6.58 Å². The molecule has 0 spiro atoms. The minimum absolute atomic E-state index is 0.131. The van der Waals surface area contributed by atoms with E-state index in [0.29, 0.717) is 19.4 Å². The van der Waals surface area contributed by atoms with Crippen molar-refractivity contribution in [1.82, 2.24) is 4.90 Å². The van der Waals surface area contributed by atoms with Crippen LogP contribution in [-0.4, -0.2) is 29.5 Å². The zero-order valence-electron chi connectivity index (χ0n) is 10.8. The molecule has 17 heavy (non-hydrogen) atoms. The number of nitrogens with zero attached hydrogens (tertiary/aromatic N) is 1. The molecule has 1 heterocycles. The molecule has 1 fully saturated rings. The van der Waals surface area contributed by atoms with Crippen LogP contribution >= 0.6 is 0 Å². The van der Waals surface area contributed by atoms with Gasteiger partial charge in [-0.15, -0.1) is 6.58 Å². The first-order chi connectivity index (χ1) is 8.02. The SMILES string of the molecule is C=CC[C@H](CC)C(=O)N1C(=O)OC[C@@H]1C(C)C. The van der Waals surface area contributed by atoms with Crippen LogP contribution in [0.2, 0.25) is 0 Å². The number of cyclic esters (lactones) is 1. The van der Waals surface area contributed by atoms with Crippen molar-refractivity contribution in [3.63, 3.8) is 0 Å². The van der Waals surface area contributed by atoms with Gasteiger partial charge in [-0.1, -0.05) is 26.8 Å². The number of hydrogen-bond donors (Lipinski definition) is 0. The number of carbonyl (C=O) groups excluding carboxylic acids is 2. The Bertz CT molecular complexity index is 312. The fraction of sp³-hybridized carbons (Fsp3) is 0.692. The quantitative estimate of drug-likeness (QED) is 0.693. The van der Waals surface area contributed by atoms with Crippen LogP contribution in [0, 0.1) is 11.8 Å². The molecule has 1 aliphatic heterocycles. The van der Waals surface area contributed by atoms with Gasteiger partial charge >= 0.3 is 6.09 Å². The average molecular weight is 239 g/mol. The highest BCUT2D eigenvalue weighted by atomic mass is 16.6. The molecule has 0 aromatic heterocycles. The molecule has 2 amide bonds. The summed E-state index contributed by atoms with van der Waals surface area (Å²) in [6.07, 6.45) is 2.53. The van der Waals surface area contributed by atoms with Gasteiger partial charge in [0, 0.05) is 5.92 Å². The van der Waals surface area contributed by atoms with Crippen molar-refractivity contribution in [3.8, 4) is 0 Å². The van der Waals surface area contributed by atoms with Crippen molar-refractivity contribution in [1.29, 1.82) is 0 Å². The molecule has 2 atom stereocenters. The number of hydrogen-bond acceptors (Lipinski definition) is 3. The smallest absolute Gasteiger partial charge is 0.416 e. The third kappa shape index (κ3) is 2.87. The third-order valence-electron chi connectivity index (χ3n) is 3.21. The van der Waals surface area contributed by atoms with Gasteiger partial charge in [0.15, 0.2) is 0 Å². The molecule has 0 aliphatic carbocycles. The molecule has 0 unspecified atom stereocenters. The number of allylic oxidation sites excluding steroid dienone is 1. The van der Waals surface area contributed by atoms with E-state index in [1.165, 1.54) is 4.90 Å². The molecule has 1 saturated heterocycles. The van der Waals surface area contributed by atoms with Crippen LogP contribution < -0.4 is 0 Å². The lowest BCUT2D eigenvalue weighted by Crippen LogP contribution is -2.44. The summed E-state index contributed by atoms with van der Waals surface area (Å²) < 4.78 is 4.97. The monoisotopic (exact) mass is 239 g/mol. The largest absolute Gasteiger partial charge is 0.447 e. The molecule has 1 aliphatic rings. The molecule has 0 saturated carbocycles. The fourth-order valence-electron chi connectivity index (χ4n) is 2.02. The van der Waals surface area contributed by atoms with Crippen LogP contribution in [-0.2, 0) is 9.53 Å². The van der Waals surface area contributed by atoms with Crippen LogP contribution in [0.1, 0.15) is 33.6 Å². The highest BCUT2D eigenvalue weighted by molar-refractivity contribution is 5.94. The van der Waals surface area contributed by atoms with Crippen molar-refractivity contribution in [2.24, 2.45) is 11.8 Å². The Morgan fingerprint density at radius 3 is 2.76 bits per heavy atom. The molecular weight excluding hydrogens is 218 g/mol. The molecule has 96 valence electrons. The topological polar surface area (TPSA) is 46.6 Å². The minimum Gasteiger partial charge on any atom is -0.447 e. The number of ether oxygens (including phenoxy) is 1. The van der Waals surface area contributed by atoms with Gasteiger partial charge in [0.2, 0.25) is 5.91 Å². The second kappa shape index (κ2) is 5.84. The van der Waals surface area contributed by atoms with Crippen LogP contribution in [0.15, 0.2) is 12.7 Å². The number of rotatable bonds is 5. The van der Waals surface area contributed by atoms with Crippen molar-refractivity contribution >= 4 is 12.0 Å². The second-order valence-corrected chi connectivity index (χ2v) is 4.73. The van der Waals surface area contributed by atoms with E-state index < -0.39 is 6.09 Å². The molecule has 0 N–H and O–H groups in total. The Morgan fingerprint density at radius 2 is 2.29 bits per heavy atom. The molecule has 0 radical (unpaired) electrons. The zero-order chi connectivity index (χ0) is 13.0. The van der Waals surface area contributed by atoms with Gasteiger partial charge in [-0.05, 0) is 18.8 Å². The Labute approximate surface area is 103 Å². The van der Waals surface area contributed by atoms with E-state index in [1.54, 1.807) is 6.08 Å². The molecule has 0 aromatic carbocycles. The van der Waals surface area contributed by atoms with Gasteiger partial charge in [0.1, 0.15) is 6.61 Å². The normalized spacial score (nSPS) is 21.5. The first kappa shape index (κ1) is 13.7. The lowest BCUT2D eigenvalue weighted by molar-refractivity contribution is -0.134. The summed E-state index contributed by atoms with van der Waals surface area (Å²) >= 11 is 0. The van der Waals surface area contributed by atoms with E-state index in [0.717, 1.165) is 0 Å². The van der Waals surface area contributed by atoms with E-state index in [9.17, 15) is 9.59 Å². The molecule has 4 heteroatoms. The van der Waals surface area contributed by atoms with E-state index >= 15 is 0 Å². The van der Waals surface area contributed by atoms with Crippen LogP contribution in [0.25, 0.3) is 0 Å². The predicted octanol–water partition coefficient (Wildman–Crippen LogP) is 2.59. The van der Waals surface area contributed by atoms with Crippen LogP contribution in [0.4, 0.5) is 4.79 Å². The van der Waals surface area contributed by atoms with Crippen molar-refractivity contribution in [3.05, 3.63) is 12.7 Å². The maximum Gasteiger partial charge on any atom is 0.416 e. The minimum atomic E-state index is -0.504. The highest BCUT2D eigenvalue weighted by Gasteiger charge is 2.41. The van der Waals surface area contributed by atoms with E-state index in [4.69, 9.17) is 4.74 Å². The van der Waals surface area contributed by atoms with Gasteiger partial charge in [-0.3, -0.25) is 4.79 Å². The van der Waals surface area contributed by atoms with Crippen LogP contribution in [0.5, 0.6) is 0 Å². The predicted molar refractivity (Wildman–Crippen MR) is 65.4 cm³/mol. The van der Waals surface area contributed by atoms with E-state index in [1.807, 2.05) is 20.8 Å². The average Bonchev–Trinajstić information content (AvgIpc) is 2.67. The number of carbonyl (C=O) groups is 2. The highest BCUT2D eigenvalue weighted by Crippen LogP contribution is 2.24. The van der Waals surface area contributed by atoms with Gasteiger partial charge in [0.05, 0.1) is 6.04 Å². The molecule has 0 aromatic rings. The molecular formula is C13H21NO3. The van der Waals surface area contributed by atoms with E-state index in [-0.39, 0.29) is 23.8 Å². The molecule has 0 bridgehead atoms. The molecule has 4 nitrogen and oxygen atoms in total. The second-order valence-electron chi connectivity index (χ2n) is 4.73. The van der Waals surface area contributed by atoms with Gasteiger partial charge in [0.25, 0.3) is 0 Å². The Hall–Kier alpha value is -1.32. The summed E-state index contributed by atoms with van der Waals surface area (Å²) in [6, 6.07) is -0.131. The zero-order valence-corrected chi connectivity index (χ0v) is 10.8. The molecule has 1 rings (SSSR count). The third-order valence-corrected chi connectivity index (χ3v) is 3.21. The lowest BCUT2D eigenvalue weighted by atomic mass is 9.98. The van der Waals surface area contributed by atoms with Crippen molar-refractivity contribution in [2.75, 3.05) is 6.61 Å². The van der Waals surface area contributed by atoms with Gasteiger partial charge in [-0.25, -0.2) is 9.69 Å². The van der Waals surface area contributed by atoms with Crippen molar-refractivity contribution in [2.45, 2.75) is 39.7 Å². The van der Waals surface area contributed by atoms with Crippen molar-refractivity contribution < 1.29 is 14.3 Å². The summed E-state index contributed by atoms with van der Waals surface area (Å²) in [5.74, 6) is -0.0837. The Morgan fingerprint density at radius 1 is 1.65 bits per heavy atom. The maximum atomic E-state index is 12.3. The Balaban J connectivity index is 2.83. The van der Waals surface area contributed by atoms with Gasteiger partial charge in [-0.2, -0.15) is 0 Å². The summed E-state index contributed by atoms with van der Waals surface area (Å²) in [5, 5.41) is 0. The number of imide groups is 1. The van der Waals surface area contributed by atoms with Crippen LogP contribution in [0.3, 0.4) is 0 Å².